The molecule has 0 amide bonds. The Morgan fingerprint density at radius 1 is 1.13 bits per heavy atom. The summed E-state index contributed by atoms with van der Waals surface area (Å²) in [5.41, 5.74) is 0.489. The summed E-state index contributed by atoms with van der Waals surface area (Å²) in [6.45, 7) is 5.47. The van der Waals surface area contributed by atoms with Gasteiger partial charge in [0.05, 0.1) is 11.7 Å². The van der Waals surface area contributed by atoms with Crippen molar-refractivity contribution in [3.8, 4) is 0 Å². The minimum Gasteiger partial charge on any atom is -0.453 e. The van der Waals surface area contributed by atoms with E-state index in [1.807, 2.05) is 26.8 Å². The second-order valence-corrected chi connectivity index (χ2v) is 6.25. The summed E-state index contributed by atoms with van der Waals surface area (Å²) >= 11 is 0. The standard InChI is InChI=1S/C17H22O6/c1-10-12(21-15(18)11-8-6-5-7-9-11)13-14(16(19-4)20-10)23-17(2,3)22-13/h5-10,12-14,16H,1-4H3/t10-,12-,13+,14-,16+/m1/s1. The smallest absolute Gasteiger partial charge is 0.338 e. The molecular weight excluding hydrogens is 300 g/mol. The molecule has 126 valence electrons. The monoisotopic (exact) mass is 322 g/mol. The molecule has 0 saturated carbocycles. The zero-order valence-electron chi connectivity index (χ0n) is 13.7. The Morgan fingerprint density at radius 3 is 2.43 bits per heavy atom. The van der Waals surface area contributed by atoms with Crippen molar-refractivity contribution in [2.45, 2.75) is 57.3 Å². The number of esters is 1. The van der Waals surface area contributed by atoms with E-state index in [4.69, 9.17) is 23.7 Å². The maximum Gasteiger partial charge on any atom is 0.338 e. The fraction of sp³-hybridized carbons (Fsp3) is 0.588. The Balaban J connectivity index is 1.79. The molecule has 6 heteroatoms. The lowest BCUT2D eigenvalue weighted by Gasteiger charge is -2.39. The molecule has 0 bridgehead atoms. The van der Waals surface area contributed by atoms with Crippen LogP contribution >= 0.6 is 0 Å². The minimum atomic E-state index is -0.781. The van der Waals surface area contributed by atoms with E-state index < -0.39 is 36.4 Å². The molecule has 0 N–H and O–H groups in total. The number of ether oxygens (including phenoxy) is 5. The van der Waals surface area contributed by atoms with Gasteiger partial charge in [-0.25, -0.2) is 4.79 Å². The van der Waals surface area contributed by atoms with Crippen molar-refractivity contribution in [1.29, 1.82) is 0 Å². The molecule has 1 aromatic rings. The molecule has 2 fully saturated rings. The fourth-order valence-electron chi connectivity index (χ4n) is 3.03. The largest absolute Gasteiger partial charge is 0.453 e. The first-order chi connectivity index (χ1) is 10.9. The van der Waals surface area contributed by atoms with Gasteiger partial charge < -0.3 is 23.7 Å². The summed E-state index contributed by atoms with van der Waals surface area (Å²) in [4.78, 5) is 12.4. The number of rotatable bonds is 3. The minimum absolute atomic E-state index is 0.369. The van der Waals surface area contributed by atoms with E-state index in [1.54, 1.807) is 31.4 Å². The first-order valence-corrected chi connectivity index (χ1v) is 7.71. The zero-order chi connectivity index (χ0) is 16.6. The second kappa shape index (κ2) is 6.20. The van der Waals surface area contributed by atoms with Crippen LogP contribution in [-0.2, 0) is 23.7 Å². The fourth-order valence-corrected chi connectivity index (χ4v) is 3.03. The van der Waals surface area contributed by atoms with Crippen molar-refractivity contribution >= 4 is 5.97 Å². The van der Waals surface area contributed by atoms with Gasteiger partial charge in [-0.05, 0) is 32.9 Å². The SMILES string of the molecule is CO[C@H]1O[C@H](C)[C@@H](OC(=O)c2ccccc2)[C@@H]2OC(C)(C)O[C@@H]12. The molecule has 1 aromatic carbocycles. The second-order valence-electron chi connectivity index (χ2n) is 6.25. The van der Waals surface area contributed by atoms with Crippen molar-refractivity contribution in [3.63, 3.8) is 0 Å². The Morgan fingerprint density at radius 2 is 1.78 bits per heavy atom. The highest BCUT2D eigenvalue weighted by molar-refractivity contribution is 5.89. The van der Waals surface area contributed by atoms with E-state index in [-0.39, 0.29) is 6.10 Å². The van der Waals surface area contributed by atoms with E-state index in [2.05, 4.69) is 0 Å². The average Bonchev–Trinajstić information content (AvgIpc) is 2.86. The number of carbonyl (C=O) groups excluding carboxylic acids is 1. The van der Waals surface area contributed by atoms with Crippen LogP contribution in [0.25, 0.3) is 0 Å². The number of hydrogen-bond donors (Lipinski definition) is 0. The molecule has 23 heavy (non-hydrogen) atoms. The number of fused-ring (bicyclic) bond motifs is 1. The molecule has 0 radical (unpaired) electrons. The van der Waals surface area contributed by atoms with Crippen LogP contribution < -0.4 is 0 Å². The third-order valence-electron chi connectivity index (χ3n) is 4.05. The van der Waals surface area contributed by atoms with Gasteiger partial charge in [0, 0.05) is 7.11 Å². The van der Waals surface area contributed by atoms with Crippen LogP contribution in [0.5, 0.6) is 0 Å². The lowest BCUT2D eigenvalue weighted by Crippen LogP contribution is -2.57. The van der Waals surface area contributed by atoms with Crippen molar-refractivity contribution in [1.82, 2.24) is 0 Å². The van der Waals surface area contributed by atoms with Crippen LogP contribution in [0.2, 0.25) is 0 Å². The van der Waals surface area contributed by atoms with Crippen LogP contribution in [0.15, 0.2) is 30.3 Å². The third kappa shape index (κ3) is 3.26. The van der Waals surface area contributed by atoms with Gasteiger partial charge in [-0.1, -0.05) is 18.2 Å². The van der Waals surface area contributed by atoms with Gasteiger partial charge in [0.2, 0.25) is 0 Å². The van der Waals surface area contributed by atoms with E-state index in [0.717, 1.165) is 0 Å². The Labute approximate surface area is 135 Å². The Bertz CT molecular complexity index is 557. The van der Waals surface area contributed by atoms with Gasteiger partial charge in [-0.2, -0.15) is 0 Å². The van der Waals surface area contributed by atoms with Crippen molar-refractivity contribution in [2.24, 2.45) is 0 Å². The van der Waals surface area contributed by atoms with Gasteiger partial charge in [0.25, 0.3) is 0 Å². The summed E-state index contributed by atoms with van der Waals surface area (Å²) in [6.07, 6.45) is -2.37. The van der Waals surface area contributed by atoms with E-state index in [0.29, 0.717) is 5.56 Å². The van der Waals surface area contributed by atoms with Gasteiger partial charge in [0.1, 0.15) is 12.2 Å². The van der Waals surface area contributed by atoms with E-state index in [9.17, 15) is 4.79 Å². The molecular formula is C17H22O6. The molecule has 0 aliphatic carbocycles. The highest BCUT2D eigenvalue weighted by Gasteiger charge is 2.56. The van der Waals surface area contributed by atoms with Crippen molar-refractivity contribution in [3.05, 3.63) is 35.9 Å². The first kappa shape index (κ1) is 16.4. The Kier molecular flexibility index (Phi) is 4.42. The maximum absolute atomic E-state index is 12.4. The van der Waals surface area contributed by atoms with Crippen molar-refractivity contribution in [2.75, 3.05) is 7.11 Å². The highest BCUT2D eigenvalue weighted by atomic mass is 16.8. The molecule has 2 heterocycles. The summed E-state index contributed by atoms with van der Waals surface area (Å²) in [6, 6.07) is 8.85. The molecule has 2 saturated heterocycles. The number of carbonyl (C=O) groups is 1. The molecule has 5 atom stereocenters. The van der Waals surface area contributed by atoms with Gasteiger partial charge >= 0.3 is 5.97 Å². The lowest BCUT2D eigenvalue weighted by molar-refractivity contribution is -0.262. The molecule has 0 aromatic heterocycles. The van der Waals surface area contributed by atoms with Crippen LogP contribution in [-0.4, -0.2) is 49.6 Å². The van der Waals surface area contributed by atoms with Gasteiger partial charge in [-0.3, -0.25) is 0 Å². The van der Waals surface area contributed by atoms with E-state index in [1.165, 1.54) is 0 Å². The van der Waals surface area contributed by atoms with Crippen molar-refractivity contribution < 1.29 is 28.5 Å². The van der Waals surface area contributed by atoms with Crippen LogP contribution in [0, 0.1) is 0 Å². The zero-order valence-corrected chi connectivity index (χ0v) is 13.7. The Hall–Kier alpha value is -1.47. The van der Waals surface area contributed by atoms with E-state index >= 15 is 0 Å². The number of hydrogen-bond acceptors (Lipinski definition) is 6. The predicted molar refractivity (Wildman–Crippen MR) is 80.8 cm³/mol. The molecule has 2 aliphatic rings. The van der Waals surface area contributed by atoms with Crippen LogP contribution in [0.4, 0.5) is 0 Å². The molecule has 2 aliphatic heterocycles. The molecule has 0 unspecified atom stereocenters. The number of methoxy groups -OCH3 is 1. The van der Waals surface area contributed by atoms with Crippen LogP contribution in [0.3, 0.4) is 0 Å². The average molecular weight is 322 g/mol. The first-order valence-electron chi connectivity index (χ1n) is 7.71. The third-order valence-corrected chi connectivity index (χ3v) is 4.05. The molecule has 0 spiro atoms. The van der Waals surface area contributed by atoms with Crippen LogP contribution in [0.1, 0.15) is 31.1 Å². The topological polar surface area (TPSA) is 63.2 Å². The van der Waals surface area contributed by atoms with Gasteiger partial charge in [-0.15, -0.1) is 0 Å². The summed E-state index contributed by atoms with van der Waals surface area (Å²) in [7, 11) is 1.55. The van der Waals surface area contributed by atoms with Gasteiger partial charge in [0.15, 0.2) is 18.2 Å². The quantitative estimate of drug-likeness (QED) is 0.794. The summed E-state index contributed by atoms with van der Waals surface area (Å²) in [5.74, 6) is -1.19. The molecule has 6 nitrogen and oxygen atoms in total. The summed E-state index contributed by atoms with van der Waals surface area (Å²) in [5, 5.41) is 0. The lowest BCUT2D eigenvalue weighted by atomic mass is 9.99. The normalized spacial score (nSPS) is 35.6. The molecule has 3 rings (SSSR count). The maximum atomic E-state index is 12.4. The number of benzene rings is 1. The predicted octanol–water partition coefficient (Wildman–Crippen LogP) is 2.12. The highest BCUT2D eigenvalue weighted by Crippen LogP contribution is 2.38. The summed E-state index contributed by atoms with van der Waals surface area (Å²) < 4.78 is 28.6.